The van der Waals surface area contributed by atoms with Crippen LogP contribution in [0.25, 0.3) is 0 Å². The highest BCUT2D eigenvalue weighted by Gasteiger charge is 2.36. The minimum Gasteiger partial charge on any atom is -0.480 e. The van der Waals surface area contributed by atoms with E-state index < -0.39 is 12.0 Å². The van der Waals surface area contributed by atoms with Gasteiger partial charge in [-0.1, -0.05) is 13.8 Å². The van der Waals surface area contributed by atoms with Gasteiger partial charge in [0.15, 0.2) is 0 Å². The van der Waals surface area contributed by atoms with E-state index >= 15 is 0 Å². The summed E-state index contributed by atoms with van der Waals surface area (Å²) in [5, 5.41) is 12.2. The molecule has 0 radical (unpaired) electrons. The summed E-state index contributed by atoms with van der Waals surface area (Å²) in [5.41, 5.74) is 0.284. The summed E-state index contributed by atoms with van der Waals surface area (Å²) in [6.07, 6.45) is 5.43. The number of carboxylic acid groups (broad SMARTS) is 1. The molecule has 0 spiro atoms. The molecule has 108 valence electrons. The molecule has 2 rings (SSSR count). The number of nitrogens with zero attached hydrogens (tertiary/aromatic N) is 1. The molecule has 1 aliphatic heterocycles. The van der Waals surface area contributed by atoms with E-state index in [1.807, 2.05) is 0 Å². The molecule has 2 aliphatic rings. The van der Waals surface area contributed by atoms with E-state index in [0.29, 0.717) is 13.0 Å². The fourth-order valence-corrected chi connectivity index (χ4v) is 3.25. The lowest BCUT2D eigenvalue weighted by molar-refractivity contribution is -0.143. The Balaban J connectivity index is 1.93. The van der Waals surface area contributed by atoms with Crippen LogP contribution in [-0.2, 0) is 4.79 Å². The van der Waals surface area contributed by atoms with E-state index in [1.165, 1.54) is 4.90 Å². The lowest BCUT2D eigenvalue weighted by atomic mass is 9.92. The summed E-state index contributed by atoms with van der Waals surface area (Å²) in [7, 11) is 0. The first-order valence-electron chi connectivity index (χ1n) is 7.19. The first-order valence-corrected chi connectivity index (χ1v) is 7.19. The zero-order valence-electron chi connectivity index (χ0n) is 11.8. The molecule has 1 saturated carbocycles. The topological polar surface area (TPSA) is 69.6 Å². The Hall–Kier alpha value is -1.26. The van der Waals surface area contributed by atoms with Gasteiger partial charge in [0, 0.05) is 12.6 Å². The van der Waals surface area contributed by atoms with Gasteiger partial charge < -0.3 is 15.3 Å². The fourth-order valence-electron chi connectivity index (χ4n) is 3.25. The summed E-state index contributed by atoms with van der Waals surface area (Å²) in [6, 6.07) is -0.656. The SMILES string of the molecule is CC1(C)CCC(NC(=O)N2CCCCC2C(=O)O)C1. The summed E-state index contributed by atoms with van der Waals surface area (Å²) in [4.78, 5) is 24.9. The Bertz CT molecular complexity index is 368. The zero-order chi connectivity index (χ0) is 14.0. The van der Waals surface area contributed by atoms with E-state index in [9.17, 15) is 14.7 Å². The first-order chi connectivity index (χ1) is 8.89. The van der Waals surface area contributed by atoms with Crippen LogP contribution in [0.2, 0.25) is 0 Å². The minimum absolute atomic E-state index is 0.193. The van der Waals surface area contributed by atoms with E-state index in [0.717, 1.165) is 32.1 Å². The largest absolute Gasteiger partial charge is 0.480 e. The molecule has 0 aromatic carbocycles. The Morgan fingerprint density at radius 3 is 2.58 bits per heavy atom. The van der Waals surface area contributed by atoms with Crippen LogP contribution < -0.4 is 5.32 Å². The second kappa shape index (κ2) is 5.39. The van der Waals surface area contributed by atoms with Crippen molar-refractivity contribution in [3.63, 3.8) is 0 Å². The monoisotopic (exact) mass is 268 g/mol. The molecule has 2 fully saturated rings. The van der Waals surface area contributed by atoms with Crippen molar-refractivity contribution in [3.8, 4) is 0 Å². The number of hydrogen-bond donors (Lipinski definition) is 2. The number of piperidine rings is 1. The maximum absolute atomic E-state index is 12.2. The normalized spacial score (nSPS) is 30.1. The van der Waals surface area contributed by atoms with Crippen LogP contribution in [-0.4, -0.2) is 40.6 Å². The van der Waals surface area contributed by atoms with Crippen molar-refractivity contribution in [2.45, 2.75) is 64.5 Å². The molecule has 1 heterocycles. The Morgan fingerprint density at radius 2 is 2.00 bits per heavy atom. The highest BCUT2D eigenvalue weighted by molar-refractivity contribution is 5.83. The smallest absolute Gasteiger partial charge is 0.326 e. The second-order valence-corrected chi connectivity index (χ2v) is 6.60. The number of rotatable bonds is 2. The quantitative estimate of drug-likeness (QED) is 0.806. The second-order valence-electron chi connectivity index (χ2n) is 6.60. The van der Waals surface area contributed by atoms with Crippen molar-refractivity contribution in [1.82, 2.24) is 10.2 Å². The number of likely N-dealkylation sites (tertiary alicyclic amines) is 1. The number of carboxylic acids is 1. The molecule has 5 nitrogen and oxygen atoms in total. The van der Waals surface area contributed by atoms with Crippen LogP contribution >= 0.6 is 0 Å². The average Bonchev–Trinajstić information content (AvgIpc) is 2.68. The number of aliphatic carboxylic acids is 1. The molecule has 2 amide bonds. The van der Waals surface area contributed by atoms with Crippen LogP contribution in [0.5, 0.6) is 0 Å². The van der Waals surface area contributed by atoms with Gasteiger partial charge in [-0.25, -0.2) is 9.59 Å². The van der Waals surface area contributed by atoms with E-state index in [-0.39, 0.29) is 17.5 Å². The molecule has 2 N–H and O–H groups in total. The molecule has 5 heteroatoms. The molecule has 1 aliphatic carbocycles. The molecule has 2 unspecified atom stereocenters. The van der Waals surface area contributed by atoms with Gasteiger partial charge in [0.25, 0.3) is 0 Å². The van der Waals surface area contributed by atoms with Gasteiger partial charge in [-0.3, -0.25) is 0 Å². The molecule has 0 bridgehead atoms. The number of nitrogens with one attached hydrogen (secondary N) is 1. The maximum Gasteiger partial charge on any atom is 0.326 e. The van der Waals surface area contributed by atoms with Crippen LogP contribution in [0.1, 0.15) is 52.4 Å². The predicted molar refractivity (Wildman–Crippen MR) is 71.9 cm³/mol. The third kappa shape index (κ3) is 3.39. The number of carbonyl (C=O) groups is 2. The number of amides is 2. The molecule has 0 aromatic heterocycles. The lowest BCUT2D eigenvalue weighted by Crippen LogP contribution is -2.53. The first kappa shape index (κ1) is 14.2. The van der Waals surface area contributed by atoms with Crippen LogP contribution in [0.3, 0.4) is 0 Å². The fraction of sp³-hybridized carbons (Fsp3) is 0.857. The van der Waals surface area contributed by atoms with Gasteiger partial charge in [-0.15, -0.1) is 0 Å². The van der Waals surface area contributed by atoms with Crippen molar-refractivity contribution in [2.24, 2.45) is 5.41 Å². The van der Waals surface area contributed by atoms with E-state index in [1.54, 1.807) is 0 Å². The molecule has 19 heavy (non-hydrogen) atoms. The van der Waals surface area contributed by atoms with Crippen molar-refractivity contribution in [2.75, 3.05) is 6.54 Å². The molecule has 1 saturated heterocycles. The van der Waals surface area contributed by atoms with Crippen molar-refractivity contribution in [1.29, 1.82) is 0 Å². The molecular weight excluding hydrogens is 244 g/mol. The summed E-state index contributed by atoms with van der Waals surface area (Å²) in [5.74, 6) is -0.887. The Kier molecular flexibility index (Phi) is 4.02. The molecular formula is C14H24N2O3. The average molecular weight is 268 g/mol. The number of carbonyl (C=O) groups excluding carboxylic acids is 1. The van der Waals surface area contributed by atoms with Gasteiger partial charge in [-0.2, -0.15) is 0 Å². The third-order valence-electron chi connectivity index (χ3n) is 4.34. The van der Waals surface area contributed by atoms with Crippen molar-refractivity contribution >= 4 is 12.0 Å². The highest BCUT2D eigenvalue weighted by Crippen LogP contribution is 2.37. The molecule has 0 aromatic rings. The zero-order valence-corrected chi connectivity index (χ0v) is 11.8. The minimum atomic E-state index is -0.887. The predicted octanol–water partition coefficient (Wildman–Crippen LogP) is 2.21. The standard InChI is InChI=1S/C14H24N2O3/c1-14(2)7-6-10(9-14)15-13(19)16-8-4-3-5-11(16)12(17)18/h10-11H,3-9H2,1-2H3,(H,15,19)(H,17,18). The molecule has 2 atom stereocenters. The summed E-state index contributed by atoms with van der Waals surface area (Å²) >= 11 is 0. The van der Waals surface area contributed by atoms with Gasteiger partial charge in [0.1, 0.15) is 6.04 Å². The summed E-state index contributed by atoms with van der Waals surface area (Å²) in [6.45, 7) is 4.97. The lowest BCUT2D eigenvalue weighted by Gasteiger charge is -2.34. The van der Waals surface area contributed by atoms with Gasteiger partial charge >= 0.3 is 12.0 Å². The van der Waals surface area contributed by atoms with Crippen LogP contribution in [0, 0.1) is 5.41 Å². The van der Waals surface area contributed by atoms with Crippen LogP contribution in [0.15, 0.2) is 0 Å². The van der Waals surface area contributed by atoms with Gasteiger partial charge in [-0.05, 0) is 43.9 Å². The third-order valence-corrected chi connectivity index (χ3v) is 4.34. The summed E-state index contributed by atoms with van der Waals surface area (Å²) < 4.78 is 0. The maximum atomic E-state index is 12.2. The highest BCUT2D eigenvalue weighted by atomic mass is 16.4. The number of hydrogen-bond acceptors (Lipinski definition) is 2. The number of urea groups is 1. The van der Waals surface area contributed by atoms with Crippen LogP contribution in [0.4, 0.5) is 4.79 Å². The van der Waals surface area contributed by atoms with Crippen molar-refractivity contribution < 1.29 is 14.7 Å². The van der Waals surface area contributed by atoms with Gasteiger partial charge in [0.05, 0.1) is 0 Å². The van der Waals surface area contributed by atoms with E-state index in [4.69, 9.17) is 0 Å². The van der Waals surface area contributed by atoms with Crippen molar-refractivity contribution in [3.05, 3.63) is 0 Å². The van der Waals surface area contributed by atoms with Gasteiger partial charge in [0.2, 0.25) is 0 Å². The van der Waals surface area contributed by atoms with E-state index in [2.05, 4.69) is 19.2 Å². The Morgan fingerprint density at radius 1 is 1.26 bits per heavy atom. The Labute approximate surface area is 114 Å².